The summed E-state index contributed by atoms with van der Waals surface area (Å²) in [6.07, 6.45) is 0.495. The lowest BCUT2D eigenvalue weighted by Crippen LogP contribution is -2.01. The maximum absolute atomic E-state index is 12.9. The zero-order chi connectivity index (χ0) is 13.8. The maximum Gasteiger partial charge on any atom is 0.347 e. The number of hydrogen-bond acceptors (Lipinski definition) is 4. The van der Waals surface area contributed by atoms with E-state index in [1.54, 1.807) is 19.1 Å². The van der Waals surface area contributed by atoms with E-state index in [-0.39, 0.29) is 10.7 Å². The molecule has 1 N–H and O–H groups in total. The summed E-state index contributed by atoms with van der Waals surface area (Å²) in [5.41, 5.74) is 0.512. The van der Waals surface area contributed by atoms with Crippen LogP contribution in [-0.4, -0.2) is 22.7 Å². The molecule has 0 atom stereocenters. The van der Waals surface area contributed by atoms with Crippen LogP contribution in [0.3, 0.4) is 0 Å². The number of rotatable bonds is 5. The van der Waals surface area contributed by atoms with Crippen LogP contribution in [0.4, 0.5) is 4.39 Å². The predicted octanol–water partition coefficient (Wildman–Crippen LogP) is 2.91. The van der Waals surface area contributed by atoms with Crippen molar-refractivity contribution in [3.05, 3.63) is 45.7 Å². The quantitative estimate of drug-likeness (QED) is 0.915. The Morgan fingerprint density at radius 2 is 2.32 bits per heavy atom. The first-order chi connectivity index (χ1) is 9.06. The number of aryl methyl sites for hydroxylation is 1. The second kappa shape index (κ2) is 5.79. The van der Waals surface area contributed by atoms with E-state index in [4.69, 9.17) is 9.84 Å². The summed E-state index contributed by atoms with van der Waals surface area (Å²) in [5, 5.41) is 9.61. The second-order valence-electron chi connectivity index (χ2n) is 3.88. The molecule has 0 aliphatic carbocycles. The van der Waals surface area contributed by atoms with Gasteiger partial charge in [0, 0.05) is 12.5 Å². The highest BCUT2D eigenvalue weighted by molar-refractivity contribution is 7.13. The molecule has 1 aromatic heterocycles. The van der Waals surface area contributed by atoms with Crippen LogP contribution in [0.2, 0.25) is 0 Å². The van der Waals surface area contributed by atoms with E-state index in [0.29, 0.717) is 29.5 Å². The highest BCUT2D eigenvalue weighted by Gasteiger charge is 2.13. The fraction of sp³-hybridized carbons (Fsp3) is 0.231. The topological polar surface area (TPSA) is 59.4 Å². The molecule has 0 fully saturated rings. The van der Waals surface area contributed by atoms with E-state index in [0.717, 1.165) is 11.3 Å². The molecule has 0 bridgehead atoms. The van der Waals surface area contributed by atoms with E-state index in [2.05, 4.69) is 4.98 Å². The minimum Gasteiger partial charge on any atom is -0.493 e. The average Bonchev–Trinajstić information content (AvgIpc) is 2.71. The zero-order valence-corrected chi connectivity index (χ0v) is 11.0. The lowest BCUT2D eigenvalue weighted by atomic mass is 10.3. The fourth-order valence-electron chi connectivity index (χ4n) is 1.57. The lowest BCUT2D eigenvalue weighted by molar-refractivity contribution is 0.0701. The van der Waals surface area contributed by atoms with Crippen molar-refractivity contribution in [3.63, 3.8) is 0 Å². The number of carboxylic acids is 1. The molecular weight excluding hydrogens is 269 g/mol. The van der Waals surface area contributed by atoms with Crippen LogP contribution in [0.15, 0.2) is 24.3 Å². The lowest BCUT2D eigenvalue weighted by Gasteiger charge is -2.04. The summed E-state index contributed by atoms with van der Waals surface area (Å²) in [6.45, 7) is 1.99. The molecule has 19 heavy (non-hydrogen) atoms. The van der Waals surface area contributed by atoms with E-state index in [9.17, 15) is 9.18 Å². The highest BCUT2D eigenvalue weighted by atomic mass is 32.1. The summed E-state index contributed by atoms with van der Waals surface area (Å²) in [4.78, 5) is 15.3. The third-order valence-electron chi connectivity index (χ3n) is 2.42. The monoisotopic (exact) mass is 281 g/mol. The van der Waals surface area contributed by atoms with E-state index in [1.165, 1.54) is 12.1 Å². The standard InChI is InChI=1S/C13H12FNO3S/c1-8-12(13(16)17)19-11(15-8)5-6-18-10-4-2-3-9(14)7-10/h2-4,7H,5-6H2,1H3,(H,16,17). The van der Waals surface area contributed by atoms with Crippen LogP contribution < -0.4 is 4.74 Å². The minimum absolute atomic E-state index is 0.251. The van der Waals surface area contributed by atoms with Crippen molar-refractivity contribution in [3.8, 4) is 5.75 Å². The number of aromatic carboxylic acids is 1. The number of aromatic nitrogens is 1. The molecule has 1 aromatic carbocycles. The van der Waals surface area contributed by atoms with Gasteiger partial charge in [-0.2, -0.15) is 0 Å². The van der Waals surface area contributed by atoms with Gasteiger partial charge in [-0.3, -0.25) is 0 Å². The fourth-order valence-corrected chi connectivity index (χ4v) is 2.45. The minimum atomic E-state index is -0.965. The van der Waals surface area contributed by atoms with Crippen LogP contribution >= 0.6 is 11.3 Å². The number of thiazole rings is 1. The molecule has 0 saturated heterocycles. The predicted molar refractivity (Wildman–Crippen MR) is 69.4 cm³/mol. The smallest absolute Gasteiger partial charge is 0.347 e. The molecule has 2 aromatic rings. The van der Waals surface area contributed by atoms with Crippen molar-refractivity contribution < 1.29 is 19.0 Å². The van der Waals surface area contributed by atoms with Gasteiger partial charge in [0.05, 0.1) is 17.3 Å². The first-order valence-electron chi connectivity index (χ1n) is 5.64. The average molecular weight is 281 g/mol. The van der Waals surface area contributed by atoms with Crippen molar-refractivity contribution >= 4 is 17.3 Å². The zero-order valence-electron chi connectivity index (χ0n) is 10.2. The number of carboxylic acid groups (broad SMARTS) is 1. The van der Waals surface area contributed by atoms with E-state index < -0.39 is 5.97 Å². The SMILES string of the molecule is Cc1nc(CCOc2cccc(F)c2)sc1C(=O)O. The van der Waals surface area contributed by atoms with Crippen molar-refractivity contribution in [2.75, 3.05) is 6.61 Å². The van der Waals surface area contributed by atoms with Crippen molar-refractivity contribution in [1.82, 2.24) is 4.98 Å². The largest absolute Gasteiger partial charge is 0.493 e. The molecule has 0 amide bonds. The van der Waals surface area contributed by atoms with Gasteiger partial charge in [0.1, 0.15) is 16.4 Å². The van der Waals surface area contributed by atoms with Gasteiger partial charge in [-0.05, 0) is 19.1 Å². The molecule has 6 heteroatoms. The summed E-state index contributed by atoms with van der Waals surface area (Å²) >= 11 is 1.14. The summed E-state index contributed by atoms with van der Waals surface area (Å²) in [5.74, 6) is -0.866. The molecule has 0 aliphatic rings. The van der Waals surface area contributed by atoms with Crippen LogP contribution in [-0.2, 0) is 6.42 Å². The third-order valence-corrected chi connectivity index (χ3v) is 3.62. The van der Waals surface area contributed by atoms with Crippen LogP contribution in [0.5, 0.6) is 5.75 Å². The number of nitrogens with zero attached hydrogens (tertiary/aromatic N) is 1. The van der Waals surface area contributed by atoms with Crippen molar-refractivity contribution in [2.24, 2.45) is 0 Å². The molecule has 4 nitrogen and oxygen atoms in total. The molecule has 2 rings (SSSR count). The number of carbonyl (C=O) groups is 1. The molecule has 1 heterocycles. The first-order valence-corrected chi connectivity index (χ1v) is 6.46. The van der Waals surface area contributed by atoms with Gasteiger partial charge in [-0.25, -0.2) is 14.2 Å². The van der Waals surface area contributed by atoms with Gasteiger partial charge in [0.2, 0.25) is 0 Å². The number of ether oxygens (including phenoxy) is 1. The number of halogens is 1. The molecule has 0 unspecified atom stereocenters. The van der Waals surface area contributed by atoms with Crippen LogP contribution in [0, 0.1) is 12.7 Å². The van der Waals surface area contributed by atoms with Crippen LogP contribution in [0.1, 0.15) is 20.4 Å². The molecule has 0 radical (unpaired) electrons. The third kappa shape index (κ3) is 3.51. The Balaban J connectivity index is 1.92. The second-order valence-corrected chi connectivity index (χ2v) is 4.97. The molecule has 100 valence electrons. The molecular formula is C13H12FNO3S. The summed E-state index contributed by atoms with van der Waals surface area (Å²) in [6, 6.07) is 5.88. The molecule has 0 spiro atoms. The molecule has 0 aliphatic heterocycles. The normalized spacial score (nSPS) is 10.4. The Hall–Kier alpha value is -1.95. The van der Waals surface area contributed by atoms with Crippen molar-refractivity contribution in [2.45, 2.75) is 13.3 Å². The van der Waals surface area contributed by atoms with E-state index >= 15 is 0 Å². The number of benzene rings is 1. The summed E-state index contributed by atoms with van der Waals surface area (Å²) < 4.78 is 18.3. The first kappa shape index (κ1) is 13.5. The van der Waals surface area contributed by atoms with Crippen molar-refractivity contribution in [1.29, 1.82) is 0 Å². The Morgan fingerprint density at radius 1 is 1.53 bits per heavy atom. The van der Waals surface area contributed by atoms with Gasteiger partial charge in [0.15, 0.2) is 0 Å². The van der Waals surface area contributed by atoms with Gasteiger partial charge in [-0.1, -0.05) is 6.07 Å². The Kier molecular flexibility index (Phi) is 4.11. The Labute approximate surface area is 113 Å². The highest BCUT2D eigenvalue weighted by Crippen LogP contribution is 2.19. The van der Waals surface area contributed by atoms with Crippen LogP contribution in [0.25, 0.3) is 0 Å². The maximum atomic E-state index is 12.9. The van der Waals surface area contributed by atoms with Gasteiger partial charge in [-0.15, -0.1) is 11.3 Å². The van der Waals surface area contributed by atoms with Gasteiger partial charge < -0.3 is 9.84 Å². The summed E-state index contributed by atoms with van der Waals surface area (Å²) in [7, 11) is 0. The van der Waals surface area contributed by atoms with Gasteiger partial charge >= 0.3 is 5.97 Å². The molecule has 0 saturated carbocycles. The number of hydrogen-bond donors (Lipinski definition) is 1. The van der Waals surface area contributed by atoms with Gasteiger partial charge in [0.25, 0.3) is 0 Å². The Morgan fingerprint density at radius 3 is 2.95 bits per heavy atom. The van der Waals surface area contributed by atoms with E-state index in [1.807, 2.05) is 0 Å². The Bertz CT molecular complexity index is 597.